The van der Waals surface area contributed by atoms with Crippen molar-refractivity contribution < 1.29 is 9.84 Å². The van der Waals surface area contributed by atoms with E-state index in [-0.39, 0.29) is 0 Å². The Morgan fingerprint density at radius 2 is 2.30 bits per heavy atom. The van der Waals surface area contributed by atoms with E-state index < -0.39 is 5.60 Å². The number of β-amino-alcohol motifs (C(OH)–C–C–N with tert-alkyl or cyclic N) is 1. The van der Waals surface area contributed by atoms with Crippen LogP contribution in [0.5, 0.6) is 0 Å². The van der Waals surface area contributed by atoms with Crippen LogP contribution < -0.4 is 10.6 Å². The zero-order valence-corrected chi connectivity index (χ0v) is 12.7. The van der Waals surface area contributed by atoms with E-state index in [0.29, 0.717) is 26.3 Å². The summed E-state index contributed by atoms with van der Waals surface area (Å²) in [6.07, 6.45) is 5.13. The normalized spacial score (nSPS) is 27.1. The molecule has 2 heterocycles. The van der Waals surface area contributed by atoms with Crippen LogP contribution in [0.1, 0.15) is 28.8 Å². The monoisotopic (exact) mass is 296 g/mol. The molecule has 0 amide bonds. The zero-order chi connectivity index (χ0) is 13.8. The predicted octanol–water partition coefficient (Wildman–Crippen LogP) is 1.07. The quantitative estimate of drug-likeness (QED) is 0.778. The predicted molar refractivity (Wildman–Crippen MR) is 81.3 cm³/mol. The van der Waals surface area contributed by atoms with Gasteiger partial charge in [0.15, 0.2) is 0 Å². The molecule has 4 nitrogen and oxygen atoms in total. The van der Waals surface area contributed by atoms with Gasteiger partial charge in [-0.25, -0.2) is 0 Å². The molecule has 1 aliphatic heterocycles. The highest BCUT2D eigenvalue weighted by molar-refractivity contribution is 7.10. The number of hydrogen-bond donors (Lipinski definition) is 3. The summed E-state index contributed by atoms with van der Waals surface area (Å²) < 4.78 is 5.44. The minimum absolute atomic E-state index is 0.411. The van der Waals surface area contributed by atoms with Crippen molar-refractivity contribution in [3.8, 4) is 0 Å². The van der Waals surface area contributed by atoms with Crippen LogP contribution in [0.25, 0.3) is 0 Å². The van der Waals surface area contributed by atoms with E-state index in [2.05, 4.69) is 16.0 Å². The average Bonchev–Trinajstić information content (AvgIpc) is 2.74. The maximum absolute atomic E-state index is 10.5. The van der Waals surface area contributed by atoms with Gasteiger partial charge in [-0.3, -0.25) is 0 Å². The Kier molecular flexibility index (Phi) is 4.73. The molecule has 2 aliphatic rings. The van der Waals surface area contributed by atoms with E-state index in [1.165, 1.54) is 31.2 Å². The summed E-state index contributed by atoms with van der Waals surface area (Å²) in [6.45, 7) is 3.94. The maximum atomic E-state index is 10.5. The first-order valence-corrected chi connectivity index (χ1v) is 8.44. The fraction of sp³-hybridized carbons (Fsp3) is 0.733. The molecule has 0 spiro atoms. The minimum Gasteiger partial charge on any atom is -0.385 e. The molecular weight excluding hydrogens is 272 g/mol. The Bertz CT molecular complexity index is 439. The molecule has 0 unspecified atom stereocenters. The molecule has 0 aromatic carbocycles. The third-order valence-corrected chi connectivity index (χ3v) is 5.30. The molecule has 0 saturated carbocycles. The van der Waals surface area contributed by atoms with Crippen molar-refractivity contribution in [3.63, 3.8) is 0 Å². The van der Waals surface area contributed by atoms with Gasteiger partial charge in [0.1, 0.15) is 5.60 Å². The van der Waals surface area contributed by atoms with Crippen LogP contribution in [-0.4, -0.2) is 43.6 Å². The second-order valence-corrected chi connectivity index (χ2v) is 6.89. The van der Waals surface area contributed by atoms with Crippen LogP contribution in [0.3, 0.4) is 0 Å². The van der Waals surface area contributed by atoms with Gasteiger partial charge < -0.3 is 20.5 Å². The molecule has 20 heavy (non-hydrogen) atoms. The second kappa shape index (κ2) is 6.54. The van der Waals surface area contributed by atoms with Crippen LogP contribution in [0.15, 0.2) is 5.38 Å². The van der Waals surface area contributed by atoms with E-state index >= 15 is 0 Å². The summed E-state index contributed by atoms with van der Waals surface area (Å²) in [5.74, 6) is 0. The number of aryl methyl sites for hydroxylation is 1. The lowest BCUT2D eigenvalue weighted by Gasteiger charge is -2.26. The lowest BCUT2D eigenvalue weighted by Crippen LogP contribution is -2.50. The fourth-order valence-corrected chi connectivity index (χ4v) is 4.18. The molecule has 1 saturated heterocycles. The molecule has 112 valence electrons. The van der Waals surface area contributed by atoms with Gasteiger partial charge in [0.2, 0.25) is 0 Å². The highest BCUT2D eigenvalue weighted by atomic mass is 32.1. The van der Waals surface area contributed by atoms with Gasteiger partial charge >= 0.3 is 0 Å². The van der Waals surface area contributed by atoms with Crippen LogP contribution in [0.4, 0.5) is 0 Å². The molecular formula is C15H24N2O2S. The van der Waals surface area contributed by atoms with Crippen molar-refractivity contribution in [2.45, 2.75) is 37.8 Å². The Hall–Kier alpha value is -0.460. The Balaban J connectivity index is 1.53. The summed E-state index contributed by atoms with van der Waals surface area (Å²) in [7, 11) is 0. The number of nitrogens with one attached hydrogen (secondary N) is 2. The van der Waals surface area contributed by atoms with E-state index in [0.717, 1.165) is 13.1 Å². The number of ether oxygens (including phenoxy) is 1. The van der Waals surface area contributed by atoms with Gasteiger partial charge in [-0.2, -0.15) is 0 Å². The summed E-state index contributed by atoms with van der Waals surface area (Å²) in [6, 6.07) is 0. The molecule has 1 aromatic rings. The van der Waals surface area contributed by atoms with E-state index in [1.807, 2.05) is 11.3 Å². The molecule has 0 bridgehead atoms. The summed E-state index contributed by atoms with van der Waals surface area (Å²) in [5.41, 5.74) is 2.21. The summed E-state index contributed by atoms with van der Waals surface area (Å²) in [5, 5.41) is 19.4. The van der Waals surface area contributed by atoms with Gasteiger partial charge in [-0.05, 0) is 42.2 Å². The lowest BCUT2D eigenvalue weighted by atomic mass is 9.96. The molecule has 1 aliphatic carbocycles. The van der Waals surface area contributed by atoms with Crippen molar-refractivity contribution in [2.75, 3.05) is 32.8 Å². The zero-order valence-electron chi connectivity index (χ0n) is 11.9. The topological polar surface area (TPSA) is 53.5 Å². The van der Waals surface area contributed by atoms with Gasteiger partial charge in [-0.15, -0.1) is 11.3 Å². The number of hydrogen-bond acceptors (Lipinski definition) is 5. The minimum atomic E-state index is -0.785. The number of thiophene rings is 1. The Morgan fingerprint density at radius 1 is 1.40 bits per heavy atom. The summed E-state index contributed by atoms with van der Waals surface area (Å²) >= 11 is 1.90. The Labute approximate surface area is 124 Å². The van der Waals surface area contributed by atoms with Crippen molar-refractivity contribution in [2.24, 2.45) is 0 Å². The van der Waals surface area contributed by atoms with Gasteiger partial charge in [-0.1, -0.05) is 0 Å². The highest BCUT2D eigenvalue weighted by Gasteiger charge is 2.28. The smallest absolute Gasteiger partial charge is 0.113 e. The number of rotatable bonds is 4. The highest BCUT2D eigenvalue weighted by Crippen LogP contribution is 2.30. The van der Waals surface area contributed by atoms with Crippen molar-refractivity contribution in [1.82, 2.24) is 10.6 Å². The van der Waals surface area contributed by atoms with Crippen LogP contribution >= 0.6 is 11.3 Å². The average molecular weight is 296 g/mol. The number of fused-ring (bicyclic) bond motifs is 1. The first kappa shape index (κ1) is 14.5. The Morgan fingerprint density at radius 3 is 3.25 bits per heavy atom. The second-order valence-electron chi connectivity index (χ2n) is 5.93. The molecule has 3 N–H and O–H groups in total. The molecule has 5 heteroatoms. The van der Waals surface area contributed by atoms with E-state index in [9.17, 15) is 5.11 Å². The lowest BCUT2D eigenvalue weighted by molar-refractivity contribution is -0.0264. The van der Waals surface area contributed by atoms with E-state index in [4.69, 9.17) is 4.74 Å². The molecule has 1 aromatic heterocycles. The summed E-state index contributed by atoms with van der Waals surface area (Å²) in [4.78, 5) is 1.58. The van der Waals surface area contributed by atoms with Crippen LogP contribution in [0.2, 0.25) is 0 Å². The maximum Gasteiger partial charge on any atom is 0.113 e. The standard InChI is InChI=1S/C15H24N2O2S/c18-15(9-16-5-6-19-11-15)10-17-7-12-8-20-14-4-2-1-3-13(12)14/h8,16-18H,1-7,9-11H2/t15-/m0/s1. The molecule has 1 fully saturated rings. The van der Waals surface area contributed by atoms with Gasteiger partial charge in [0.05, 0.1) is 13.2 Å². The van der Waals surface area contributed by atoms with Crippen molar-refractivity contribution in [1.29, 1.82) is 0 Å². The van der Waals surface area contributed by atoms with Crippen LogP contribution in [-0.2, 0) is 24.1 Å². The number of aliphatic hydroxyl groups is 1. The van der Waals surface area contributed by atoms with Crippen molar-refractivity contribution in [3.05, 3.63) is 21.4 Å². The first-order valence-electron chi connectivity index (χ1n) is 7.56. The molecule has 0 radical (unpaired) electrons. The third kappa shape index (κ3) is 3.40. The largest absolute Gasteiger partial charge is 0.385 e. The fourth-order valence-electron chi connectivity index (χ4n) is 3.03. The molecule has 3 rings (SSSR count). The van der Waals surface area contributed by atoms with Gasteiger partial charge in [0.25, 0.3) is 0 Å². The van der Waals surface area contributed by atoms with E-state index in [1.54, 1.807) is 10.4 Å². The SMILES string of the molecule is O[C@]1(CNCc2csc3c2CCCC3)CNCCOC1. The third-order valence-electron chi connectivity index (χ3n) is 4.17. The first-order chi connectivity index (χ1) is 9.77. The van der Waals surface area contributed by atoms with Gasteiger partial charge in [0, 0.05) is 31.1 Å². The molecule has 1 atom stereocenters. The van der Waals surface area contributed by atoms with Crippen LogP contribution in [0, 0.1) is 0 Å². The van der Waals surface area contributed by atoms with Crippen molar-refractivity contribution >= 4 is 11.3 Å².